The first-order valence-electron chi connectivity index (χ1n) is 5.21. The van der Waals surface area contributed by atoms with Crippen LogP contribution in [0.25, 0.3) is 0 Å². The first-order valence-corrected chi connectivity index (χ1v) is 5.21. The molecule has 1 aliphatic carbocycles. The highest BCUT2D eigenvalue weighted by Gasteiger charge is 2.20. The van der Waals surface area contributed by atoms with E-state index in [9.17, 15) is 9.59 Å². The normalized spacial score (nSPS) is 17.7. The first-order chi connectivity index (χ1) is 7.25. The summed E-state index contributed by atoms with van der Waals surface area (Å²) in [7, 11) is 0. The molecule has 1 saturated carbocycles. The van der Waals surface area contributed by atoms with Gasteiger partial charge in [-0.05, 0) is 18.9 Å². The molecular formula is C11H14N2O2. The van der Waals surface area contributed by atoms with Crippen molar-refractivity contribution in [1.29, 1.82) is 0 Å². The van der Waals surface area contributed by atoms with Crippen LogP contribution in [-0.2, 0) is 4.79 Å². The van der Waals surface area contributed by atoms with Crippen LogP contribution >= 0.6 is 0 Å². The molecule has 0 spiro atoms. The Labute approximate surface area is 88.1 Å². The predicted molar refractivity (Wildman–Crippen MR) is 55.5 cm³/mol. The Morgan fingerprint density at radius 3 is 2.73 bits per heavy atom. The maximum atomic E-state index is 11.6. The highest BCUT2D eigenvalue weighted by Crippen LogP contribution is 2.15. The molecular weight excluding hydrogens is 192 g/mol. The molecule has 80 valence electrons. The average Bonchev–Trinajstić information content (AvgIpc) is 2.74. The lowest BCUT2D eigenvalue weighted by Crippen LogP contribution is -2.37. The maximum absolute atomic E-state index is 11.6. The van der Waals surface area contributed by atoms with Crippen LogP contribution in [0.1, 0.15) is 36.0 Å². The largest absolute Gasteiger partial charge is 0.367 e. The summed E-state index contributed by atoms with van der Waals surface area (Å²) < 4.78 is 0. The monoisotopic (exact) mass is 206 g/mol. The molecule has 1 aromatic heterocycles. The van der Waals surface area contributed by atoms with Crippen LogP contribution in [0.15, 0.2) is 18.5 Å². The van der Waals surface area contributed by atoms with Crippen molar-refractivity contribution >= 4 is 11.7 Å². The Bertz CT molecular complexity index is 347. The van der Waals surface area contributed by atoms with Gasteiger partial charge in [0.2, 0.25) is 0 Å². The van der Waals surface area contributed by atoms with E-state index in [2.05, 4.69) is 10.3 Å². The summed E-state index contributed by atoms with van der Waals surface area (Å²) in [5, 5.41) is 2.93. The van der Waals surface area contributed by atoms with Crippen molar-refractivity contribution in [1.82, 2.24) is 10.3 Å². The minimum Gasteiger partial charge on any atom is -0.367 e. The molecule has 1 heterocycles. The molecule has 1 amide bonds. The number of amides is 1. The van der Waals surface area contributed by atoms with Gasteiger partial charge >= 0.3 is 0 Å². The van der Waals surface area contributed by atoms with E-state index in [1.807, 2.05) is 0 Å². The number of carbonyl (C=O) groups is 2. The molecule has 15 heavy (non-hydrogen) atoms. The van der Waals surface area contributed by atoms with Gasteiger partial charge in [-0.3, -0.25) is 9.59 Å². The van der Waals surface area contributed by atoms with Gasteiger partial charge in [0.1, 0.15) is 5.78 Å². The smallest absolute Gasteiger partial charge is 0.253 e. The highest BCUT2D eigenvalue weighted by atomic mass is 16.1. The fourth-order valence-corrected chi connectivity index (χ4v) is 1.82. The van der Waals surface area contributed by atoms with Crippen LogP contribution in [0.3, 0.4) is 0 Å². The van der Waals surface area contributed by atoms with Crippen LogP contribution < -0.4 is 5.32 Å². The second-order valence-electron chi connectivity index (χ2n) is 3.89. The topological polar surface area (TPSA) is 62.0 Å². The molecule has 1 fully saturated rings. The van der Waals surface area contributed by atoms with Crippen molar-refractivity contribution in [2.45, 2.75) is 31.7 Å². The Morgan fingerprint density at radius 2 is 2.13 bits per heavy atom. The maximum Gasteiger partial charge on any atom is 0.253 e. The van der Waals surface area contributed by atoms with E-state index in [1.165, 1.54) is 0 Å². The van der Waals surface area contributed by atoms with E-state index >= 15 is 0 Å². The number of hydrogen-bond acceptors (Lipinski definition) is 2. The zero-order valence-electron chi connectivity index (χ0n) is 8.45. The summed E-state index contributed by atoms with van der Waals surface area (Å²) >= 11 is 0. The summed E-state index contributed by atoms with van der Waals surface area (Å²) in [5.41, 5.74) is 0.645. The number of H-pyrrole nitrogens is 1. The third-order valence-corrected chi connectivity index (χ3v) is 2.74. The summed E-state index contributed by atoms with van der Waals surface area (Å²) in [6, 6.07) is 1.90. The molecule has 0 aromatic carbocycles. The van der Waals surface area contributed by atoms with Gasteiger partial charge in [-0.15, -0.1) is 0 Å². The number of hydrogen-bond donors (Lipinski definition) is 2. The number of ketones is 1. The number of nitrogens with one attached hydrogen (secondary N) is 2. The fourth-order valence-electron chi connectivity index (χ4n) is 1.82. The summed E-state index contributed by atoms with van der Waals surface area (Å²) in [6.45, 7) is 0. The van der Waals surface area contributed by atoms with Gasteiger partial charge in [0.05, 0.1) is 5.56 Å². The number of aromatic nitrogens is 1. The summed E-state index contributed by atoms with van der Waals surface area (Å²) in [6.07, 6.45) is 6.13. The molecule has 0 unspecified atom stereocenters. The molecule has 4 heteroatoms. The van der Waals surface area contributed by atoms with Crippen LogP contribution in [-0.4, -0.2) is 22.7 Å². The number of carbonyl (C=O) groups excluding carboxylic acids is 2. The Balaban J connectivity index is 1.87. The van der Waals surface area contributed by atoms with E-state index in [4.69, 9.17) is 0 Å². The van der Waals surface area contributed by atoms with E-state index in [1.54, 1.807) is 18.5 Å². The van der Waals surface area contributed by atoms with Crippen LogP contribution in [0.4, 0.5) is 0 Å². The van der Waals surface area contributed by atoms with Crippen LogP contribution in [0.5, 0.6) is 0 Å². The van der Waals surface area contributed by atoms with Gasteiger partial charge in [-0.25, -0.2) is 0 Å². The first kappa shape index (κ1) is 9.96. The molecule has 4 nitrogen and oxygen atoms in total. The lowest BCUT2D eigenvalue weighted by Gasteiger charge is -2.21. The molecule has 0 radical (unpaired) electrons. The summed E-state index contributed by atoms with van der Waals surface area (Å²) in [4.78, 5) is 25.5. The van der Waals surface area contributed by atoms with Gasteiger partial charge in [0.25, 0.3) is 5.91 Å². The van der Waals surface area contributed by atoms with Crippen molar-refractivity contribution in [2.75, 3.05) is 0 Å². The van der Waals surface area contributed by atoms with Crippen LogP contribution in [0, 0.1) is 0 Å². The number of rotatable bonds is 2. The quantitative estimate of drug-likeness (QED) is 0.765. The van der Waals surface area contributed by atoms with Gasteiger partial charge in [-0.1, -0.05) is 0 Å². The lowest BCUT2D eigenvalue weighted by molar-refractivity contribution is -0.120. The SMILES string of the molecule is O=C1CCC(NC(=O)c2cc[nH]c2)CC1. The molecule has 1 aromatic rings. The Morgan fingerprint density at radius 1 is 1.40 bits per heavy atom. The zero-order valence-corrected chi connectivity index (χ0v) is 8.45. The van der Waals surface area contributed by atoms with Crippen molar-refractivity contribution in [2.24, 2.45) is 0 Å². The van der Waals surface area contributed by atoms with Crippen molar-refractivity contribution < 1.29 is 9.59 Å². The Hall–Kier alpha value is -1.58. The second-order valence-corrected chi connectivity index (χ2v) is 3.89. The van der Waals surface area contributed by atoms with Crippen molar-refractivity contribution in [3.63, 3.8) is 0 Å². The van der Waals surface area contributed by atoms with E-state index in [0.29, 0.717) is 24.2 Å². The molecule has 0 saturated heterocycles. The predicted octanol–water partition coefficient (Wildman–Crippen LogP) is 1.26. The number of Topliss-reactive ketones (excluding diaryl/α,β-unsaturated/α-hetero) is 1. The van der Waals surface area contributed by atoms with Gasteiger partial charge in [-0.2, -0.15) is 0 Å². The molecule has 1 aliphatic rings. The minimum atomic E-state index is -0.0596. The minimum absolute atomic E-state index is 0.0596. The number of aromatic amines is 1. The van der Waals surface area contributed by atoms with Gasteiger partial charge in [0, 0.05) is 31.3 Å². The summed E-state index contributed by atoms with van der Waals surface area (Å²) in [5.74, 6) is 0.248. The second kappa shape index (κ2) is 4.29. The molecule has 2 rings (SSSR count). The lowest BCUT2D eigenvalue weighted by atomic mass is 9.94. The molecule has 0 aliphatic heterocycles. The third-order valence-electron chi connectivity index (χ3n) is 2.74. The highest BCUT2D eigenvalue weighted by molar-refractivity contribution is 5.94. The Kier molecular flexibility index (Phi) is 2.85. The van der Waals surface area contributed by atoms with E-state index < -0.39 is 0 Å². The van der Waals surface area contributed by atoms with Crippen molar-refractivity contribution in [3.05, 3.63) is 24.0 Å². The standard InChI is InChI=1S/C11H14N2O2/c14-10-3-1-9(2-4-10)13-11(15)8-5-6-12-7-8/h5-7,9,12H,1-4H2,(H,13,15). The molecule has 2 N–H and O–H groups in total. The average molecular weight is 206 g/mol. The fraction of sp³-hybridized carbons (Fsp3) is 0.455. The van der Waals surface area contributed by atoms with E-state index in [0.717, 1.165) is 12.8 Å². The van der Waals surface area contributed by atoms with E-state index in [-0.39, 0.29) is 11.9 Å². The molecule has 0 atom stereocenters. The third kappa shape index (κ3) is 2.46. The zero-order chi connectivity index (χ0) is 10.7. The van der Waals surface area contributed by atoms with Crippen molar-refractivity contribution in [3.8, 4) is 0 Å². The van der Waals surface area contributed by atoms with Gasteiger partial charge < -0.3 is 10.3 Å². The molecule has 0 bridgehead atoms. The van der Waals surface area contributed by atoms with Gasteiger partial charge in [0.15, 0.2) is 0 Å². The van der Waals surface area contributed by atoms with Crippen LogP contribution in [0.2, 0.25) is 0 Å².